The Labute approximate surface area is 172 Å². The maximum Gasteiger partial charge on any atom is 0.237 e. The first-order chi connectivity index (χ1) is 13.7. The van der Waals surface area contributed by atoms with Gasteiger partial charge in [0.1, 0.15) is 5.82 Å². The molecule has 3 aromatic rings. The molecule has 1 unspecified atom stereocenters. The molecule has 28 heavy (non-hydrogen) atoms. The van der Waals surface area contributed by atoms with Crippen molar-refractivity contribution in [3.05, 3.63) is 58.0 Å². The highest BCUT2D eigenvalue weighted by Gasteiger charge is 2.32. The van der Waals surface area contributed by atoms with Gasteiger partial charge in [-0.3, -0.25) is 4.79 Å². The second kappa shape index (κ2) is 7.37. The Morgan fingerprint density at radius 2 is 2.07 bits per heavy atom. The van der Waals surface area contributed by atoms with Gasteiger partial charge < -0.3 is 9.47 Å². The van der Waals surface area contributed by atoms with E-state index in [-0.39, 0.29) is 11.9 Å². The molecular formula is C21H22N4OS2. The summed E-state index contributed by atoms with van der Waals surface area (Å²) >= 11 is 3.27. The number of carbonyl (C=O) groups is 1. The summed E-state index contributed by atoms with van der Waals surface area (Å²) in [6, 6.07) is 13.1. The monoisotopic (exact) mass is 410 g/mol. The fourth-order valence-corrected chi connectivity index (χ4v) is 5.52. The van der Waals surface area contributed by atoms with E-state index < -0.39 is 0 Å². The lowest BCUT2D eigenvalue weighted by molar-refractivity contribution is -0.116. The van der Waals surface area contributed by atoms with Crippen LogP contribution in [-0.4, -0.2) is 32.5 Å². The van der Waals surface area contributed by atoms with Crippen LogP contribution < -0.4 is 4.90 Å². The highest BCUT2D eigenvalue weighted by molar-refractivity contribution is 7.99. The van der Waals surface area contributed by atoms with Gasteiger partial charge in [-0.25, -0.2) is 0 Å². The number of fused-ring (bicyclic) bond motifs is 1. The summed E-state index contributed by atoms with van der Waals surface area (Å²) in [4.78, 5) is 16.2. The normalized spacial score (nSPS) is 18.5. The number of thioether (sulfide) groups is 1. The van der Waals surface area contributed by atoms with Crippen molar-refractivity contribution in [1.29, 1.82) is 0 Å². The molecule has 5 rings (SSSR count). The Morgan fingerprint density at radius 1 is 1.21 bits per heavy atom. The number of para-hydroxylation sites is 1. The van der Waals surface area contributed by atoms with E-state index in [1.54, 1.807) is 11.3 Å². The van der Waals surface area contributed by atoms with E-state index in [4.69, 9.17) is 0 Å². The third-order valence-corrected chi connectivity index (χ3v) is 7.16. The first kappa shape index (κ1) is 17.9. The molecule has 0 N–H and O–H groups in total. The Bertz CT molecular complexity index is 994. The van der Waals surface area contributed by atoms with Crippen LogP contribution in [0, 0.1) is 0 Å². The Balaban J connectivity index is 1.32. The maximum absolute atomic E-state index is 13.0. The molecule has 1 aliphatic heterocycles. The van der Waals surface area contributed by atoms with Crippen LogP contribution in [0.25, 0.3) is 0 Å². The van der Waals surface area contributed by atoms with Gasteiger partial charge in [-0.2, -0.15) is 0 Å². The average molecular weight is 411 g/mol. The van der Waals surface area contributed by atoms with Crippen molar-refractivity contribution >= 4 is 34.7 Å². The number of aromatic nitrogens is 3. The van der Waals surface area contributed by atoms with Crippen molar-refractivity contribution in [2.24, 2.45) is 0 Å². The van der Waals surface area contributed by atoms with Crippen LogP contribution in [-0.2, 0) is 17.6 Å². The molecule has 7 heteroatoms. The van der Waals surface area contributed by atoms with Crippen LogP contribution in [0.3, 0.4) is 0 Å². The van der Waals surface area contributed by atoms with E-state index in [9.17, 15) is 4.79 Å². The SMILES string of the molecule is CC1Cc2ccccc2N1C(=O)CSc1nnc(Cc2cccs2)n1C1CC1. The van der Waals surface area contributed by atoms with Crippen LogP contribution in [0.1, 0.15) is 42.1 Å². The van der Waals surface area contributed by atoms with Gasteiger partial charge in [0.25, 0.3) is 0 Å². The number of nitrogens with zero attached hydrogens (tertiary/aromatic N) is 4. The minimum atomic E-state index is 0.146. The van der Waals surface area contributed by atoms with Crippen molar-refractivity contribution in [3.8, 4) is 0 Å². The largest absolute Gasteiger partial charge is 0.308 e. The van der Waals surface area contributed by atoms with E-state index in [2.05, 4.69) is 45.3 Å². The van der Waals surface area contributed by atoms with Crippen molar-refractivity contribution in [2.45, 2.75) is 49.8 Å². The summed E-state index contributed by atoms with van der Waals surface area (Å²) < 4.78 is 2.26. The molecule has 1 amide bonds. The molecule has 5 nitrogen and oxygen atoms in total. The maximum atomic E-state index is 13.0. The summed E-state index contributed by atoms with van der Waals surface area (Å²) in [7, 11) is 0. The first-order valence-electron chi connectivity index (χ1n) is 9.69. The number of rotatable bonds is 6. The molecule has 1 fully saturated rings. The number of carbonyl (C=O) groups excluding carboxylic acids is 1. The molecule has 0 radical (unpaired) electrons. The average Bonchev–Trinajstić information content (AvgIpc) is 3.11. The molecule has 0 bridgehead atoms. The highest BCUT2D eigenvalue weighted by atomic mass is 32.2. The molecule has 1 saturated carbocycles. The molecule has 0 saturated heterocycles. The number of thiophene rings is 1. The molecule has 1 atom stereocenters. The molecule has 2 aliphatic rings. The zero-order valence-corrected chi connectivity index (χ0v) is 17.4. The Kier molecular flexibility index (Phi) is 4.72. The number of benzene rings is 1. The fraction of sp³-hybridized carbons (Fsp3) is 0.381. The van der Waals surface area contributed by atoms with Gasteiger partial charge in [0.15, 0.2) is 5.16 Å². The Morgan fingerprint density at radius 3 is 2.86 bits per heavy atom. The summed E-state index contributed by atoms with van der Waals surface area (Å²) in [5, 5.41) is 11.9. The van der Waals surface area contributed by atoms with Crippen molar-refractivity contribution < 1.29 is 4.79 Å². The van der Waals surface area contributed by atoms with Crippen LogP contribution in [0.4, 0.5) is 5.69 Å². The summed E-state index contributed by atoms with van der Waals surface area (Å²) in [6.07, 6.45) is 4.09. The fourth-order valence-electron chi connectivity index (χ4n) is 3.94. The third kappa shape index (κ3) is 3.37. The lowest BCUT2D eigenvalue weighted by Crippen LogP contribution is -2.37. The van der Waals surface area contributed by atoms with Gasteiger partial charge in [0.2, 0.25) is 5.91 Å². The van der Waals surface area contributed by atoms with E-state index in [1.807, 2.05) is 23.1 Å². The lowest BCUT2D eigenvalue weighted by atomic mass is 10.1. The molecule has 1 aromatic carbocycles. The van der Waals surface area contributed by atoms with Crippen molar-refractivity contribution in [3.63, 3.8) is 0 Å². The van der Waals surface area contributed by atoms with Crippen LogP contribution >= 0.6 is 23.1 Å². The predicted molar refractivity (Wildman–Crippen MR) is 113 cm³/mol. The zero-order valence-electron chi connectivity index (χ0n) is 15.7. The number of hydrogen-bond acceptors (Lipinski definition) is 5. The highest BCUT2D eigenvalue weighted by Crippen LogP contribution is 2.39. The minimum absolute atomic E-state index is 0.146. The standard InChI is InChI=1S/C21H22N4OS2/c1-14-11-15-5-2-3-7-18(15)24(14)20(26)13-28-21-23-22-19(25(21)16-8-9-16)12-17-6-4-10-27-17/h2-7,10,14,16H,8-9,11-13H2,1H3. The molecule has 0 spiro atoms. The van der Waals surface area contributed by atoms with Crippen molar-refractivity contribution in [2.75, 3.05) is 10.7 Å². The smallest absolute Gasteiger partial charge is 0.237 e. The number of amides is 1. The van der Waals surface area contributed by atoms with Gasteiger partial charge >= 0.3 is 0 Å². The second-order valence-corrected chi connectivity index (χ2v) is 9.47. The molecular weight excluding hydrogens is 388 g/mol. The van der Waals surface area contributed by atoms with Crippen molar-refractivity contribution in [1.82, 2.24) is 14.8 Å². The van der Waals surface area contributed by atoms with Crippen LogP contribution in [0.15, 0.2) is 46.9 Å². The van der Waals surface area contributed by atoms with Crippen LogP contribution in [0.2, 0.25) is 0 Å². The van der Waals surface area contributed by atoms with Gasteiger partial charge in [-0.05, 0) is 49.3 Å². The van der Waals surface area contributed by atoms with Gasteiger partial charge in [0.05, 0.1) is 5.75 Å². The molecule has 3 heterocycles. The van der Waals surface area contributed by atoms with Gasteiger partial charge in [-0.15, -0.1) is 21.5 Å². The first-order valence-corrected chi connectivity index (χ1v) is 11.6. The van der Waals surface area contributed by atoms with Crippen LogP contribution in [0.5, 0.6) is 0 Å². The van der Waals surface area contributed by atoms with E-state index in [0.717, 1.165) is 29.5 Å². The van der Waals surface area contributed by atoms with Gasteiger partial charge in [-0.1, -0.05) is 36.0 Å². The number of hydrogen-bond donors (Lipinski definition) is 0. The predicted octanol–water partition coefficient (Wildman–Crippen LogP) is 4.34. The summed E-state index contributed by atoms with van der Waals surface area (Å²) in [6.45, 7) is 2.12. The molecule has 144 valence electrons. The van der Waals surface area contributed by atoms with E-state index >= 15 is 0 Å². The summed E-state index contributed by atoms with van der Waals surface area (Å²) in [5.41, 5.74) is 2.32. The second-order valence-electron chi connectivity index (χ2n) is 7.49. The third-order valence-electron chi connectivity index (χ3n) is 5.36. The Hall–Kier alpha value is -2.12. The number of anilines is 1. The molecule has 2 aromatic heterocycles. The quantitative estimate of drug-likeness (QED) is 0.568. The van der Waals surface area contributed by atoms with Gasteiger partial charge in [0, 0.05) is 29.1 Å². The molecule has 1 aliphatic carbocycles. The van der Waals surface area contributed by atoms with E-state index in [0.29, 0.717) is 11.8 Å². The zero-order chi connectivity index (χ0) is 19.1. The van der Waals surface area contributed by atoms with E-state index in [1.165, 1.54) is 35.0 Å². The summed E-state index contributed by atoms with van der Waals surface area (Å²) in [5.74, 6) is 1.55. The topological polar surface area (TPSA) is 51.0 Å². The lowest BCUT2D eigenvalue weighted by Gasteiger charge is -2.22. The minimum Gasteiger partial charge on any atom is -0.308 e.